The van der Waals surface area contributed by atoms with Crippen molar-refractivity contribution in [2.75, 3.05) is 35.6 Å². The van der Waals surface area contributed by atoms with E-state index in [4.69, 9.17) is 0 Å². The summed E-state index contributed by atoms with van der Waals surface area (Å²) in [5, 5.41) is 8.72. The summed E-state index contributed by atoms with van der Waals surface area (Å²) in [6, 6.07) is 14.3. The second kappa shape index (κ2) is 10.8. The second-order valence-corrected chi connectivity index (χ2v) is 8.68. The lowest BCUT2D eigenvalue weighted by atomic mass is 9.98. The molecule has 7 heteroatoms. The zero-order chi connectivity index (χ0) is 23.1. The van der Waals surface area contributed by atoms with Crippen LogP contribution in [0, 0.1) is 11.8 Å². The van der Waals surface area contributed by atoms with Gasteiger partial charge < -0.3 is 20.9 Å². The summed E-state index contributed by atoms with van der Waals surface area (Å²) in [7, 11) is 0. The lowest BCUT2D eigenvalue weighted by Gasteiger charge is -2.30. The number of carbonyl (C=O) groups excluding carboxylic acids is 3. The molecule has 3 rings (SSSR count). The van der Waals surface area contributed by atoms with Crippen LogP contribution in [-0.4, -0.2) is 42.3 Å². The first kappa shape index (κ1) is 23.3. The van der Waals surface area contributed by atoms with Gasteiger partial charge in [-0.1, -0.05) is 32.9 Å². The molecule has 0 atom stereocenters. The van der Waals surface area contributed by atoms with Gasteiger partial charge >= 0.3 is 0 Å². The molecule has 1 heterocycles. The molecule has 0 aromatic heterocycles. The Balaban J connectivity index is 1.53. The molecule has 1 aliphatic heterocycles. The number of anilines is 3. The Morgan fingerprint density at radius 3 is 2.25 bits per heavy atom. The summed E-state index contributed by atoms with van der Waals surface area (Å²) in [4.78, 5) is 38.9. The van der Waals surface area contributed by atoms with Gasteiger partial charge in [0.25, 0.3) is 5.91 Å². The Kier molecular flexibility index (Phi) is 7.87. The Morgan fingerprint density at radius 2 is 1.56 bits per heavy atom. The minimum Gasteiger partial charge on any atom is -0.376 e. The fraction of sp³-hybridized carbons (Fsp3) is 0.400. The van der Waals surface area contributed by atoms with Crippen LogP contribution >= 0.6 is 0 Å². The molecule has 3 amide bonds. The van der Waals surface area contributed by atoms with Crippen LogP contribution in [0.4, 0.5) is 17.1 Å². The standard InChI is InChI=1S/C25H32N4O3/c1-17(2)24(31)28-22-9-5-8-21(15-22)27-23(30)16-26-20-7-4-6-19(14-20)25(32)29-12-10-18(3)11-13-29/h4-9,14-15,17-18,26H,10-13,16H2,1-3H3,(H,27,30)(H,28,31). The van der Waals surface area contributed by atoms with E-state index >= 15 is 0 Å². The summed E-state index contributed by atoms with van der Waals surface area (Å²) in [6.07, 6.45) is 2.07. The molecule has 7 nitrogen and oxygen atoms in total. The van der Waals surface area contributed by atoms with Gasteiger partial charge in [0.2, 0.25) is 11.8 Å². The van der Waals surface area contributed by atoms with Gasteiger partial charge in [-0.25, -0.2) is 0 Å². The molecule has 0 radical (unpaired) electrons. The predicted octanol–water partition coefficient (Wildman–Crippen LogP) is 4.20. The summed E-state index contributed by atoms with van der Waals surface area (Å²) in [5.74, 6) is 0.268. The molecule has 1 aliphatic rings. The average Bonchev–Trinajstić information content (AvgIpc) is 2.78. The van der Waals surface area contributed by atoms with Gasteiger partial charge in [-0.15, -0.1) is 0 Å². The fourth-order valence-electron chi connectivity index (χ4n) is 3.51. The van der Waals surface area contributed by atoms with E-state index in [-0.39, 0.29) is 30.2 Å². The van der Waals surface area contributed by atoms with Crippen LogP contribution in [0.15, 0.2) is 48.5 Å². The van der Waals surface area contributed by atoms with E-state index in [0.29, 0.717) is 28.5 Å². The number of rotatable bonds is 7. The minimum absolute atomic E-state index is 0.0326. The van der Waals surface area contributed by atoms with Crippen molar-refractivity contribution in [2.45, 2.75) is 33.6 Å². The molecular formula is C25H32N4O3. The van der Waals surface area contributed by atoms with Crippen LogP contribution in [0.25, 0.3) is 0 Å². The van der Waals surface area contributed by atoms with Crippen LogP contribution in [-0.2, 0) is 9.59 Å². The Bertz CT molecular complexity index is 965. The summed E-state index contributed by atoms with van der Waals surface area (Å²) < 4.78 is 0. The molecule has 3 N–H and O–H groups in total. The highest BCUT2D eigenvalue weighted by atomic mass is 16.2. The van der Waals surface area contributed by atoms with E-state index in [2.05, 4.69) is 22.9 Å². The number of nitrogens with one attached hydrogen (secondary N) is 3. The van der Waals surface area contributed by atoms with Crippen molar-refractivity contribution in [1.29, 1.82) is 0 Å². The van der Waals surface area contributed by atoms with E-state index < -0.39 is 0 Å². The van der Waals surface area contributed by atoms with Crippen LogP contribution < -0.4 is 16.0 Å². The first-order valence-corrected chi connectivity index (χ1v) is 11.2. The Labute approximate surface area is 189 Å². The second-order valence-electron chi connectivity index (χ2n) is 8.68. The highest BCUT2D eigenvalue weighted by molar-refractivity contribution is 5.97. The van der Waals surface area contributed by atoms with Gasteiger partial charge in [0.1, 0.15) is 0 Å². The molecule has 0 saturated carbocycles. The number of benzene rings is 2. The predicted molar refractivity (Wildman–Crippen MR) is 128 cm³/mol. The van der Waals surface area contributed by atoms with Crippen molar-refractivity contribution in [3.63, 3.8) is 0 Å². The Hall–Kier alpha value is -3.35. The highest BCUT2D eigenvalue weighted by Gasteiger charge is 2.21. The maximum absolute atomic E-state index is 12.8. The zero-order valence-electron chi connectivity index (χ0n) is 19.0. The van der Waals surface area contributed by atoms with Crippen molar-refractivity contribution in [1.82, 2.24) is 4.90 Å². The monoisotopic (exact) mass is 436 g/mol. The molecule has 0 aliphatic carbocycles. The topological polar surface area (TPSA) is 90.5 Å². The molecular weight excluding hydrogens is 404 g/mol. The first-order chi connectivity index (χ1) is 15.3. The third-order valence-corrected chi connectivity index (χ3v) is 5.57. The van der Waals surface area contributed by atoms with Gasteiger partial charge in [-0.2, -0.15) is 0 Å². The van der Waals surface area contributed by atoms with Gasteiger partial charge in [-0.05, 0) is 55.2 Å². The third-order valence-electron chi connectivity index (χ3n) is 5.57. The normalized spacial score (nSPS) is 14.2. The SMILES string of the molecule is CC1CCN(C(=O)c2cccc(NCC(=O)Nc3cccc(NC(=O)C(C)C)c3)c2)CC1. The van der Waals surface area contributed by atoms with Crippen molar-refractivity contribution < 1.29 is 14.4 Å². The molecule has 170 valence electrons. The molecule has 1 saturated heterocycles. The number of hydrogen-bond acceptors (Lipinski definition) is 4. The molecule has 2 aromatic rings. The minimum atomic E-state index is -0.223. The van der Waals surface area contributed by atoms with Crippen LogP contribution in [0.5, 0.6) is 0 Å². The van der Waals surface area contributed by atoms with Gasteiger partial charge in [0.05, 0.1) is 6.54 Å². The maximum Gasteiger partial charge on any atom is 0.253 e. The number of piperidine rings is 1. The molecule has 2 aromatic carbocycles. The van der Waals surface area contributed by atoms with E-state index in [0.717, 1.165) is 25.9 Å². The highest BCUT2D eigenvalue weighted by Crippen LogP contribution is 2.20. The third kappa shape index (κ3) is 6.57. The van der Waals surface area contributed by atoms with Crippen LogP contribution in [0.2, 0.25) is 0 Å². The molecule has 0 unspecified atom stereocenters. The van der Waals surface area contributed by atoms with E-state index in [9.17, 15) is 14.4 Å². The molecule has 32 heavy (non-hydrogen) atoms. The van der Waals surface area contributed by atoms with Crippen molar-refractivity contribution >= 4 is 34.8 Å². The average molecular weight is 437 g/mol. The zero-order valence-corrected chi connectivity index (χ0v) is 19.0. The molecule has 0 spiro atoms. The number of nitrogens with zero attached hydrogens (tertiary/aromatic N) is 1. The molecule has 1 fully saturated rings. The fourth-order valence-corrected chi connectivity index (χ4v) is 3.51. The van der Waals surface area contributed by atoms with E-state index in [1.54, 1.807) is 30.3 Å². The lowest BCUT2D eigenvalue weighted by molar-refractivity contribution is -0.119. The van der Waals surface area contributed by atoms with Crippen molar-refractivity contribution in [2.24, 2.45) is 11.8 Å². The van der Waals surface area contributed by atoms with Crippen LogP contribution in [0.3, 0.4) is 0 Å². The summed E-state index contributed by atoms with van der Waals surface area (Å²) in [5.41, 5.74) is 2.57. The van der Waals surface area contributed by atoms with E-state index in [1.807, 2.05) is 36.9 Å². The summed E-state index contributed by atoms with van der Waals surface area (Å²) >= 11 is 0. The number of likely N-dealkylation sites (tertiary alicyclic amines) is 1. The van der Waals surface area contributed by atoms with Gasteiger partial charge in [0.15, 0.2) is 0 Å². The van der Waals surface area contributed by atoms with Crippen molar-refractivity contribution in [3.8, 4) is 0 Å². The van der Waals surface area contributed by atoms with Crippen LogP contribution in [0.1, 0.15) is 44.0 Å². The smallest absolute Gasteiger partial charge is 0.253 e. The van der Waals surface area contributed by atoms with E-state index in [1.165, 1.54) is 0 Å². The lowest BCUT2D eigenvalue weighted by Crippen LogP contribution is -2.37. The Morgan fingerprint density at radius 1 is 0.938 bits per heavy atom. The molecule has 0 bridgehead atoms. The quantitative estimate of drug-likeness (QED) is 0.607. The maximum atomic E-state index is 12.8. The number of amides is 3. The first-order valence-electron chi connectivity index (χ1n) is 11.2. The largest absolute Gasteiger partial charge is 0.376 e. The summed E-state index contributed by atoms with van der Waals surface area (Å²) in [6.45, 7) is 7.49. The van der Waals surface area contributed by atoms with Gasteiger partial charge in [-0.3, -0.25) is 14.4 Å². The van der Waals surface area contributed by atoms with Crippen molar-refractivity contribution in [3.05, 3.63) is 54.1 Å². The number of hydrogen-bond donors (Lipinski definition) is 3. The number of carbonyl (C=O) groups is 3. The van der Waals surface area contributed by atoms with Gasteiger partial charge in [0, 0.05) is 41.6 Å².